The standard InChI is InChI=1S/C17H22N2O3S/c1-13-16(17(20)21-2)10-14(22-13)11-18-5-7-19(8-6-18)12-15-4-3-9-23-15/h3-4,9-10H,5-8,11-12H2,1-2H3. The van der Waals surface area contributed by atoms with Crippen molar-refractivity contribution in [2.45, 2.75) is 20.0 Å². The molecule has 6 heteroatoms. The Morgan fingerprint density at radius 3 is 2.57 bits per heavy atom. The van der Waals surface area contributed by atoms with Gasteiger partial charge in [0.05, 0.1) is 13.7 Å². The summed E-state index contributed by atoms with van der Waals surface area (Å²) in [7, 11) is 1.39. The Morgan fingerprint density at radius 2 is 1.96 bits per heavy atom. The number of thiophene rings is 1. The first-order valence-corrected chi connectivity index (χ1v) is 8.68. The highest BCUT2D eigenvalue weighted by Gasteiger charge is 2.20. The van der Waals surface area contributed by atoms with Crippen LogP contribution in [0.4, 0.5) is 0 Å². The number of furan rings is 1. The average molecular weight is 334 g/mol. The zero-order chi connectivity index (χ0) is 16.2. The minimum atomic E-state index is -0.335. The molecule has 0 unspecified atom stereocenters. The predicted octanol–water partition coefficient (Wildman–Crippen LogP) is 2.75. The number of carbonyl (C=O) groups excluding carboxylic acids is 1. The molecule has 0 aromatic carbocycles. The molecule has 1 fully saturated rings. The molecular formula is C17H22N2O3S. The topological polar surface area (TPSA) is 45.9 Å². The van der Waals surface area contributed by atoms with Crippen molar-refractivity contribution in [3.05, 3.63) is 45.5 Å². The molecular weight excluding hydrogens is 312 g/mol. The summed E-state index contributed by atoms with van der Waals surface area (Å²) in [4.78, 5) is 17.9. The van der Waals surface area contributed by atoms with Crippen LogP contribution in [-0.4, -0.2) is 49.1 Å². The molecule has 124 valence electrons. The Morgan fingerprint density at radius 1 is 1.26 bits per heavy atom. The Hall–Kier alpha value is -1.63. The monoisotopic (exact) mass is 334 g/mol. The van der Waals surface area contributed by atoms with Gasteiger partial charge in [-0.05, 0) is 24.4 Å². The van der Waals surface area contributed by atoms with Crippen molar-refractivity contribution in [1.82, 2.24) is 9.80 Å². The quantitative estimate of drug-likeness (QED) is 0.787. The molecule has 23 heavy (non-hydrogen) atoms. The molecule has 3 rings (SSSR count). The minimum Gasteiger partial charge on any atom is -0.465 e. The van der Waals surface area contributed by atoms with Gasteiger partial charge < -0.3 is 9.15 Å². The van der Waals surface area contributed by atoms with E-state index in [9.17, 15) is 4.79 Å². The molecule has 0 aliphatic carbocycles. The second-order valence-electron chi connectivity index (χ2n) is 5.81. The lowest BCUT2D eigenvalue weighted by molar-refractivity contribution is 0.0599. The maximum absolute atomic E-state index is 11.6. The summed E-state index contributed by atoms with van der Waals surface area (Å²) in [5.74, 6) is 1.12. The van der Waals surface area contributed by atoms with Gasteiger partial charge in [0, 0.05) is 37.6 Å². The van der Waals surface area contributed by atoms with Crippen LogP contribution in [-0.2, 0) is 17.8 Å². The first-order chi connectivity index (χ1) is 11.2. The summed E-state index contributed by atoms with van der Waals surface area (Å²) >= 11 is 1.82. The smallest absolute Gasteiger partial charge is 0.341 e. The van der Waals surface area contributed by atoms with Gasteiger partial charge in [-0.2, -0.15) is 0 Å². The average Bonchev–Trinajstić information content (AvgIpc) is 3.18. The fraction of sp³-hybridized carbons (Fsp3) is 0.471. The summed E-state index contributed by atoms with van der Waals surface area (Å²) in [6.45, 7) is 7.72. The Bertz CT molecular complexity index is 643. The molecule has 1 aliphatic rings. The van der Waals surface area contributed by atoms with Crippen molar-refractivity contribution < 1.29 is 13.9 Å². The van der Waals surface area contributed by atoms with Gasteiger partial charge in [0.1, 0.15) is 17.1 Å². The van der Waals surface area contributed by atoms with Gasteiger partial charge >= 0.3 is 5.97 Å². The number of carbonyl (C=O) groups is 1. The summed E-state index contributed by atoms with van der Waals surface area (Å²) in [6.07, 6.45) is 0. The molecule has 0 bridgehead atoms. The van der Waals surface area contributed by atoms with E-state index in [1.807, 2.05) is 11.3 Å². The second kappa shape index (κ2) is 7.29. The number of esters is 1. The van der Waals surface area contributed by atoms with Crippen LogP contribution in [0.1, 0.15) is 26.8 Å². The van der Waals surface area contributed by atoms with Gasteiger partial charge in [0.15, 0.2) is 0 Å². The number of rotatable bonds is 5. The van der Waals surface area contributed by atoms with Gasteiger partial charge in [-0.3, -0.25) is 9.80 Å². The van der Waals surface area contributed by atoms with Crippen LogP contribution in [0.2, 0.25) is 0 Å². The Labute approximate surface area is 140 Å². The fourth-order valence-corrected chi connectivity index (χ4v) is 3.63. The van der Waals surface area contributed by atoms with Gasteiger partial charge in [-0.25, -0.2) is 4.79 Å². The van der Waals surface area contributed by atoms with Crippen molar-refractivity contribution in [3.8, 4) is 0 Å². The van der Waals surface area contributed by atoms with E-state index in [0.717, 1.165) is 45.0 Å². The van der Waals surface area contributed by atoms with Crippen LogP contribution in [0.15, 0.2) is 28.0 Å². The molecule has 2 aromatic rings. The van der Waals surface area contributed by atoms with Crippen LogP contribution in [0.25, 0.3) is 0 Å². The van der Waals surface area contributed by atoms with E-state index in [4.69, 9.17) is 9.15 Å². The highest BCUT2D eigenvalue weighted by molar-refractivity contribution is 7.09. The molecule has 3 heterocycles. The summed E-state index contributed by atoms with van der Waals surface area (Å²) in [6, 6.07) is 6.10. The Kier molecular flexibility index (Phi) is 5.15. The van der Waals surface area contributed by atoms with Crippen LogP contribution in [0, 0.1) is 6.92 Å². The SMILES string of the molecule is COC(=O)c1cc(CN2CCN(Cc3cccs3)CC2)oc1C. The maximum Gasteiger partial charge on any atom is 0.341 e. The number of hydrogen-bond donors (Lipinski definition) is 0. The van der Waals surface area contributed by atoms with E-state index in [0.29, 0.717) is 11.3 Å². The molecule has 0 radical (unpaired) electrons. The number of aryl methyl sites for hydroxylation is 1. The molecule has 2 aromatic heterocycles. The molecule has 0 atom stereocenters. The van der Waals surface area contributed by atoms with Crippen LogP contribution >= 0.6 is 11.3 Å². The van der Waals surface area contributed by atoms with Crippen molar-refractivity contribution in [2.75, 3.05) is 33.3 Å². The first kappa shape index (κ1) is 16.2. The van der Waals surface area contributed by atoms with Gasteiger partial charge in [-0.15, -0.1) is 11.3 Å². The molecule has 1 aliphatic heterocycles. The van der Waals surface area contributed by atoms with E-state index < -0.39 is 0 Å². The molecule has 0 spiro atoms. The third-order valence-electron chi connectivity index (χ3n) is 4.18. The summed E-state index contributed by atoms with van der Waals surface area (Å²) in [5.41, 5.74) is 0.527. The van der Waals surface area contributed by atoms with Gasteiger partial charge in [0.25, 0.3) is 0 Å². The van der Waals surface area contributed by atoms with Gasteiger partial charge in [-0.1, -0.05) is 6.07 Å². The molecule has 0 N–H and O–H groups in total. The summed E-state index contributed by atoms with van der Waals surface area (Å²) in [5, 5.41) is 2.13. The van der Waals surface area contributed by atoms with E-state index in [-0.39, 0.29) is 5.97 Å². The number of ether oxygens (including phenoxy) is 1. The summed E-state index contributed by atoms with van der Waals surface area (Å²) < 4.78 is 10.5. The highest BCUT2D eigenvalue weighted by Crippen LogP contribution is 2.19. The van der Waals surface area contributed by atoms with Crippen LogP contribution < -0.4 is 0 Å². The third kappa shape index (κ3) is 4.02. The van der Waals surface area contributed by atoms with Gasteiger partial charge in [0.2, 0.25) is 0 Å². The third-order valence-corrected chi connectivity index (χ3v) is 5.04. The predicted molar refractivity (Wildman–Crippen MR) is 89.7 cm³/mol. The number of piperazine rings is 1. The minimum absolute atomic E-state index is 0.335. The van der Waals surface area contributed by atoms with Crippen molar-refractivity contribution in [2.24, 2.45) is 0 Å². The first-order valence-electron chi connectivity index (χ1n) is 7.80. The second-order valence-corrected chi connectivity index (χ2v) is 6.84. The van der Waals surface area contributed by atoms with Crippen molar-refractivity contribution in [3.63, 3.8) is 0 Å². The largest absolute Gasteiger partial charge is 0.465 e. The maximum atomic E-state index is 11.6. The number of methoxy groups -OCH3 is 1. The lowest BCUT2D eigenvalue weighted by Gasteiger charge is -2.33. The molecule has 5 nitrogen and oxygen atoms in total. The van der Waals surface area contributed by atoms with Crippen molar-refractivity contribution >= 4 is 17.3 Å². The van der Waals surface area contributed by atoms with E-state index in [2.05, 4.69) is 27.3 Å². The Balaban J connectivity index is 1.51. The highest BCUT2D eigenvalue weighted by atomic mass is 32.1. The zero-order valence-electron chi connectivity index (χ0n) is 13.6. The van der Waals surface area contributed by atoms with E-state index >= 15 is 0 Å². The lowest BCUT2D eigenvalue weighted by atomic mass is 10.2. The number of nitrogens with zero attached hydrogens (tertiary/aromatic N) is 2. The van der Waals surface area contributed by atoms with E-state index in [1.165, 1.54) is 12.0 Å². The molecule has 1 saturated heterocycles. The van der Waals surface area contributed by atoms with Crippen LogP contribution in [0.5, 0.6) is 0 Å². The van der Waals surface area contributed by atoms with E-state index in [1.54, 1.807) is 13.0 Å². The number of hydrogen-bond acceptors (Lipinski definition) is 6. The zero-order valence-corrected chi connectivity index (χ0v) is 14.4. The molecule has 0 saturated carbocycles. The fourth-order valence-electron chi connectivity index (χ4n) is 2.88. The molecule has 0 amide bonds. The van der Waals surface area contributed by atoms with Crippen LogP contribution in [0.3, 0.4) is 0 Å². The lowest BCUT2D eigenvalue weighted by Crippen LogP contribution is -2.45. The normalized spacial score (nSPS) is 16.6. The van der Waals surface area contributed by atoms with Crippen molar-refractivity contribution in [1.29, 1.82) is 0 Å².